The second-order valence-electron chi connectivity index (χ2n) is 14.8. The number of hydrogen-bond donors (Lipinski definition) is 0. The van der Waals surface area contributed by atoms with Crippen molar-refractivity contribution in [2.24, 2.45) is 0 Å². The minimum absolute atomic E-state index is 1.21. The first-order valence-electron chi connectivity index (χ1n) is 19.6. The molecule has 11 aromatic rings. The third-order valence-electron chi connectivity index (χ3n) is 11.4. The van der Waals surface area contributed by atoms with Gasteiger partial charge in [0, 0.05) is 20.5 Å². The second-order valence-corrected chi connectivity index (χ2v) is 15.9. The van der Waals surface area contributed by atoms with Crippen LogP contribution in [0.4, 0.5) is 0 Å². The van der Waals surface area contributed by atoms with Gasteiger partial charge in [0.2, 0.25) is 0 Å². The van der Waals surface area contributed by atoms with Crippen LogP contribution in [-0.2, 0) is 0 Å². The van der Waals surface area contributed by atoms with Gasteiger partial charge >= 0.3 is 0 Å². The SMILES string of the molecule is c1ccc(-c2sc3cc(-c4cccc(-c5c6ccccc6c(-c6cccc(-c7ccc8ccccc8c7)c6)c6ccccc56)c4)ccc3c2-c2ccccc2)cc1. The van der Waals surface area contributed by atoms with Crippen molar-refractivity contribution < 1.29 is 0 Å². The molecule has 0 unspecified atom stereocenters. The summed E-state index contributed by atoms with van der Waals surface area (Å²) in [5.41, 5.74) is 13.7. The van der Waals surface area contributed by atoms with Gasteiger partial charge in [-0.3, -0.25) is 0 Å². The van der Waals surface area contributed by atoms with Crippen LogP contribution in [0.3, 0.4) is 0 Å². The highest BCUT2D eigenvalue weighted by molar-refractivity contribution is 7.23. The summed E-state index contributed by atoms with van der Waals surface area (Å²) in [5, 5.41) is 8.84. The summed E-state index contributed by atoms with van der Waals surface area (Å²) in [6.07, 6.45) is 0. The van der Waals surface area contributed by atoms with Crippen molar-refractivity contribution in [1.82, 2.24) is 0 Å². The van der Waals surface area contributed by atoms with Crippen molar-refractivity contribution >= 4 is 53.7 Å². The molecule has 0 aliphatic heterocycles. The standard InChI is InChI=1S/C56H36S/c1-3-16-38(17-4-1)55-51-32-31-44(36-52(51)57-56(55)39-18-5-2-6-19-39)42-22-14-24-46(35-42)54-49-27-11-9-25-47(49)53(48-26-10-12-28-50(48)54)45-23-13-21-41(34-45)43-30-29-37-15-7-8-20-40(37)33-43/h1-36H. The predicted octanol–water partition coefficient (Wildman–Crippen LogP) is 16.4. The lowest BCUT2D eigenvalue weighted by Gasteiger charge is -2.18. The lowest BCUT2D eigenvalue weighted by molar-refractivity contribution is 1.62. The van der Waals surface area contributed by atoms with E-state index in [0.29, 0.717) is 0 Å². The molecule has 1 heterocycles. The molecule has 57 heavy (non-hydrogen) atoms. The Bertz CT molecular complexity index is 3220. The first-order valence-corrected chi connectivity index (χ1v) is 20.4. The molecule has 0 fully saturated rings. The van der Waals surface area contributed by atoms with Gasteiger partial charge in [0.25, 0.3) is 0 Å². The van der Waals surface area contributed by atoms with Crippen molar-refractivity contribution in [1.29, 1.82) is 0 Å². The molecule has 1 heteroatoms. The third-order valence-corrected chi connectivity index (χ3v) is 12.6. The predicted molar refractivity (Wildman–Crippen MR) is 247 cm³/mol. The number of thiophene rings is 1. The third kappa shape index (κ3) is 5.84. The fourth-order valence-electron chi connectivity index (χ4n) is 8.79. The van der Waals surface area contributed by atoms with Crippen LogP contribution in [0.25, 0.3) is 108 Å². The molecule has 0 bridgehead atoms. The van der Waals surface area contributed by atoms with Crippen LogP contribution in [0.15, 0.2) is 218 Å². The summed E-state index contributed by atoms with van der Waals surface area (Å²) >= 11 is 1.88. The zero-order valence-corrected chi connectivity index (χ0v) is 32.0. The zero-order chi connectivity index (χ0) is 37.7. The number of benzene rings is 10. The Morgan fingerprint density at radius 3 is 1.26 bits per heavy atom. The van der Waals surface area contributed by atoms with Crippen LogP contribution in [0.2, 0.25) is 0 Å². The maximum atomic E-state index is 2.39. The van der Waals surface area contributed by atoms with Gasteiger partial charge in [-0.05, 0) is 112 Å². The van der Waals surface area contributed by atoms with Crippen molar-refractivity contribution in [3.63, 3.8) is 0 Å². The molecule has 0 N–H and O–H groups in total. The Hall–Kier alpha value is -7.06. The van der Waals surface area contributed by atoms with E-state index < -0.39 is 0 Å². The molecule has 0 saturated heterocycles. The van der Waals surface area contributed by atoms with Gasteiger partial charge < -0.3 is 0 Å². The van der Waals surface area contributed by atoms with E-state index in [-0.39, 0.29) is 0 Å². The Balaban J connectivity index is 1.05. The minimum atomic E-state index is 1.21. The molecule has 0 atom stereocenters. The number of hydrogen-bond acceptors (Lipinski definition) is 1. The number of fused-ring (bicyclic) bond motifs is 4. The van der Waals surface area contributed by atoms with Crippen molar-refractivity contribution in [3.05, 3.63) is 218 Å². The first kappa shape index (κ1) is 33.3. The lowest BCUT2D eigenvalue weighted by atomic mass is 9.85. The fraction of sp³-hybridized carbons (Fsp3) is 0. The second kappa shape index (κ2) is 13.9. The molecule has 0 amide bonds. The van der Waals surface area contributed by atoms with E-state index in [1.807, 2.05) is 11.3 Å². The first-order chi connectivity index (χ1) is 28.3. The van der Waals surface area contributed by atoms with Gasteiger partial charge in [0.05, 0.1) is 0 Å². The molecule has 10 aromatic carbocycles. The van der Waals surface area contributed by atoms with E-state index in [2.05, 4.69) is 218 Å². The largest absolute Gasteiger partial charge is 0.135 e. The van der Waals surface area contributed by atoms with Crippen LogP contribution in [0.5, 0.6) is 0 Å². The monoisotopic (exact) mass is 740 g/mol. The Morgan fingerprint density at radius 1 is 0.228 bits per heavy atom. The van der Waals surface area contributed by atoms with Gasteiger partial charge in [-0.25, -0.2) is 0 Å². The lowest BCUT2D eigenvalue weighted by Crippen LogP contribution is -1.91. The molecule has 0 aliphatic carbocycles. The highest BCUT2D eigenvalue weighted by atomic mass is 32.1. The molecule has 0 spiro atoms. The van der Waals surface area contributed by atoms with Gasteiger partial charge in [-0.15, -0.1) is 11.3 Å². The summed E-state index contributed by atoms with van der Waals surface area (Å²) < 4.78 is 1.29. The average Bonchev–Trinajstić information content (AvgIpc) is 3.68. The van der Waals surface area contributed by atoms with E-state index in [1.165, 1.54) is 108 Å². The highest BCUT2D eigenvalue weighted by Crippen LogP contribution is 2.47. The molecule has 0 saturated carbocycles. The van der Waals surface area contributed by atoms with Gasteiger partial charge in [-0.2, -0.15) is 0 Å². The maximum absolute atomic E-state index is 2.39. The molecular formula is C56H36S. The number of rotatable bonds is 6. The van der Waals surface area contributed by atoms with Crippen LogP contribution in [0.1, 0.15) is 0 Å². The van der Waals surface area contributed by atoms with E-state index in [0.717, 1.165) is 0 Å². The van der Waals surface area contributed by atoms with Gasteiger partial charge in [0.15, 0.2) is 0 Å². The smallest absolute Gasteiger partial charge is 0.0433 e. The summed E-state index contributed by atoms with van der Waals surface area (Å²) in [6, 6.07) is 80.2. The normalized spacial score (nSPS) is 11.5. The maximum Gasteiger partial charge on any atom is 0.0433 e. The summed E-state index contributed by atoms with van der Waals surface area (Å²) in [7, 11) is 0. The van der Waals surface area contributed by atoms with Gasteiger partial charge in [0.1, 0.15) is 0 Å². The zero-order valence-electron chi connectivity index (χ0n) is 31.2. The molecule has 0 aliphatic rings. The molecule has 11 rings (SSSR count). The quantitative estimate of drug-likeness (QED) is 0.149. The van der Waals surface area contributed by atoms with Crippen molar-refractivity contribution in [3.8, 4) is 66.1 Å². The fourth-order valence-corrected chi connectivity index (χ4v) is 10.1. The molecule has 1 aromatic heterocycles. The Labute approximate surface area is 336 Å². The highest BCUT2D eigenvalue weighted by Gasteiger charge is 2.19. The topological polar surface area (TPSA) is 0 Å². The Kier molecular flexibility index (Phi) is 8.12. The van der Waals surface area contributed by atoms with E-state index in [9.17, 15) is 0 Å². The van der Waals surface area contributed by atoms with Crippen molar-refractivity contribution in [2.45, 2.75) is 0 Å². The van der Waals surface area contributed by atoms with Crippen LogP contribution < -0.4 is 0 Å². The van der Waals surface area contributed by atoms with Crippen LogP contribution in [-0.4, -0.2) is 0 Å². The Morgan fingerprint density at radius 2 is 0.667 bits per heavy atom. The molecule has 266 valence electrons. The van der Waals surface area contributed by atoms with Crippen LogP contribution >= 0.6 is 11.3 Å². The van der Waals surface area contributed by atoms with E-state index in [1.54, 1.807) is 0 Å². The van der Waals surface area contributed by atoms with Crippen LogP contribution in [0, 0.1) is 0 Å². The minimum Gasteiger partial charge on any atom is -0.135 e. The summed E-state index contributed by atoms with van der Waals surface area (Å²) in [5.74, 6) is 0. The summed E-state index contributed by atoms with van der Waals surface area (Å²) in [4.78, 5) is 1.31. The van der Waals surface area contributed by atoms with E-state index >= 15 is 0 Å². The van der Waals surface area contributed by atoms with Gasteiger partial charge in [-0.1, -0.05) is 194 Å². The average molecular weight is 741 g/mol. The summed E-state index contributed by atoms with van der Waals surface area (Å²) in [6.45, 7) is 0. The molecular weight excluding hydrogens is 705 g/mol. The molecule has 0 radical (unpaired) electrons. The van der Waals surface area contributed by atoms with Crippen molar-refractivity contribution in [2.75, 3.05) is 0 Å². The molecule has 0 nitrogen and oxygen atoms in total. The van der Waals surface area contributed by atoms with E-state index in [4.69, 9.17) is 0 Å².